The molecule has 2 aromatic carbocycles. The van der Waals surface area contributed by atoms with Gasteiger partial charge < -0.3 is 15.8 Å². The Morgan fingerprint density at radius 1 is 1.28 bits per heavy atom. The lowest BCUT2D eigenvalue weighted by Crippen LogP contribution is -2.23. The van der Waals surface area contributed by atoms with E-state index in [1.54, 1.807) is 0 Å². The van der Waals surface area contributed by atoms with Crippen molar-refractivity contribution in [1.82, 2.24) is 0 Å². The van der Waals surface area contributed by atoms with Gasteiger partial charge in [0, 0.05) is 22.7 Å². The molecule has 3 N–H and O–H groups in total. The molecule has 0 spiro atoms. The van der Waals surface area contributed by atoms with Gasteiger partial charge in [-0.1, -0.05) is 23.7 Å². The number of aryl methyl sites for hydroxylation is 1. The quantitative estimate of drug-likeness (QED) is 0.837. The molecule has 4 nitrogen and oxygen atoms in total. The second-order valence-corrected chi connectivity index (χ2v) is 7.09. The van der Waals surface area contributed by atoms with Crippen molar-refractivity contribution >= 4 is 23.2 Å². The van der Waals surface area contributed by atoms with Crippen LogP contribution in [-0.2, 0) is 11.4 Å². The zero-order chi connectivity index (χ0) is 17.8. The van der Waals surface area contributed by atoms with Crippen molar-refractivity contribution < 1.29 is 9.53 Å². The van der Waals surface area contributed by atoms with Crippen LogP contribution in [0.4, 0.5) is 5.69 Å². The Hall–Kier alpha value is -2.04. The minimum absolute atomic E-state index is 0.0214. The molecule has 3 rings (SSSR count). The number of nitrogens with one attached hydrogen (secondary N) is 1. The largest absolute Gasteiger partial charge is 0.489 e. The van der Waals surface area contributed by atoms with E-state index in [9.17, 15) is 4.79 Å². The van der Waals surface area contributed by atoms with Gasteiger partial charge in [0.15, 0.2) is 0 Å². The van der Waals surface area contributed by atoms with Gasteiger partial charge in [0.1, 0.15) is 12.4 Å². The second-order valence-electron chi connectivity index (χ2n) is 6.65. The first-order chi connectivity index (χ1) is 12.0. The highest BCUT2D eigenvalue weighted by Crippen LogP contribution is 2.27. The van der Waals surface area contributed by atoms with E-state index in [4.69, 9.17) is 22.1 Å². The maximum Gasteiger partial charge on any atom is 0.227 e. The number of amides is 1. The lowest BCUT2D eigenvalue weighted by molar-refractivity contribution is -0.119. The van der Waals surface area contributed by atoms with Crippen molar-refractivity contribution in [3.63, 3.8) is 0 Å². The van der Waals surface area contributed by atoms with E-state index < -0.39 is 0 Å². The number of benzene rings is 2. The monoisotopic (exact) mass is 358 g/mol. The third kappa shape index (κ3) is 4.74. The summed E-state index contributed by atoms with van der Waals surface area (Å²) in [6, 6.07) is 13.4. The van der Waals surface area contributed by atoms with Crippen molar-refractivity contribution in [1.29, 1.82) is 0 Å². The summed E-state index contributed by atoms with van der Waals surface area (Å²) in [5.74, 6) is 0.843. The molecular weight excluding hydrogens is 336 g/mol. The highest BCUT2D eigenvalue weighted by Gasteiger charge is 2.27. The van der Waals surface area contributed by atoms with Crippen LogP contribution < -0.4 is 15.8 Å². The Balaban J connectivity index is 1.59. The summed E-state index contributed by atoms with van der Waals surface area (Å²) >= 11 is 5.98. The number of hydrogen-bond donors (Lipinski definition) is 2. The van der Waals surface area contributed by atoms with Gasteiger partial charge in [-0.05, 0) is 67.6 Å². The number of carbonyl (C=O) groups excluding carboxylic acids is 1. The lowest BCUT2D eigenvalue weighted by atomic mass is 10.1. The molecule has 1 fully saturated rings. The Bertz CT molecular complexity index is 763. The number of anilines is 1. The van der Waals surface area contributed by atoms with Crippen molar-refractivity contribution in [3.05, 3.63) is 58.6 Å². The van der Waals surface area contributed by atoms with Gasteiger partial charge in [-0.3, -0.25) is 4.79 Å². The highest BCUT2D eigenvalue weighted by molar-refractivity contribution is 6.30. The normalized spacial score (nSPS) is 19.6. The van der Waals surface area contributed by atoms with Crippen LogP contribution in [0.25, 0.3) is 0 Å². The fraction of sp³-hybridized carbons (Fsp3) is 0.350. The van der Waals surface area contributed by atoms with E-state index in [1.807, 2.05) is 49.4 Å². The molecule has 1 aliphatic rings. The number of halogens is 1. The number of hydrogen-bond acceptors (Lipinski definition) is 3. The van der Waals surface area contributed by atoms with E-state index >= 15 is 0 Å². The van der Waals surface area contributed by atoms with Crippen LogP contribution in [-0.4, -0.2) is 11.9 Å². The molecule has 1 amide bonds. The minimum atomic E-state index is 0.0214. The molecule has 2 unspecified atom stereocenters. The van der Waals surface area contributed by atoms with Gasteiger partial charge >= 0.3 is 0 Å². The fourth-order valence-electron chi connectivity index (χ4n) is 3.15. The summed E-state index contributed by atoms with van der Waals surface area (Å²) in [5.41, 5.74) is 8.70. The molecule has 1 saturated carbocycles. The SMILES string of the molecule is Cc1cc(OCc2cccc(Cl)c2)ccc1NC(=O)C1CCC(N)C1. The second kappa shape index (κ2) is 7.89. The number of ether oxygens (including phenoxy) is 1. The molecule has 132 valence electrons. The smallest absolute Gasteiger partial charge is 0.227 e. The Morgan fingerprint density at radius 2 is 2.12 bits per heavy atom. The van der Waals surface area contributed by atoms with Crippen molar-refractivity contribution in [2.45, 2.75) is 38.8 Å². The molecule has 5 heteroatoms. The number of carbonyl (C=O) groups is 1. The predicted molar refractivity (Wildman–Crippen MR) is 101 cm³/mol. The summed E-state index contributed by atoms with van der Waals surface area (Å²) in [6.07, 6.45) is 2.56. The van der Waals surface area contributed by atoms with Crippen molar-refractivity contribution in [2.75, 3.05) is 5.32 Å². The average molecular weight is 359 g/mol. The molecule has 2 atom stereocenters. The third-order valence-electron chi connectivity index (χ3n) is 4.59. The summed E-state index contributed by atoms with van der Waals surface area (Å²) in [6.45, 7) is 2.41. The molecule has 0 aromatic heterocycles. The van der Waals surface area contributed by atoms with Gasteiger partial charge in [-0.15, -0.1) is 0 Å². The molecule has 0 radical (unpaired) electrons. The van der Waals surface area contributed by atoms with Crippen LogP contribution >= 0.6 is 11.6 Å². The van der Waals surface area contributed by atoms with Crippen LogP contribution in [0.1, 0.15) is 30.4 Å². The first-order valence-corrected chi connectivity index (χ1v) is 8.93. The van der Waals surface area contributed by atoms with Crippen LogP contribution in [0, 0.1) is 12.8 Å². The van der Waals surface area contributed by atoms with Gasteiger partial charge in [-0.25, -0.2) is 0 Å². The lowest BCUT2D eigenvalue weighted by Gasteiger charge is -2.14. The molecule has 0 bridgehead atoms. The average Bonchev–Trinajstić information content (AvgIpc) is 3.02. The number of rotatable bonds is 5. The molecule has 1 aliphatic carbocycles. The minimum Gasteiger partial charge on any atom is -0.489 e. The van der Waals surface area contributed by atoms with Gasteiger partial charge in [0.05, 0.1) is 0 Å². The van der Waals surface area contributed by atoms with Crippen LogP contribution in [0.15, 0.2) is 42.5 Å². The van der Waals surface area contributed by atoms with Crippen molar-refractivity contribution in [3.8, 4) is 5.75 Å². The molecule has 0 heterocycles. The Labute approximate surface area is 153 Å². The molecule has 0 aliphatic heterocycles. The first kappa shape index (κ1) is 17.8. The molecule has 25 heavy (non-hydrogen) atoms. The zero-order valence-corrected chi connectivity index (χ0v) is 15.1. The maximum absolute atomic E-state index is 12.3. The summed E-state index contributed by atoms with van der Waals surface area (Å²) < 4.78 is 5.81. The topological polar surface area (TPSA) is 64.3 Å². The highest BCUT2D eigenvalue weighted by atomic mass is 35.5. The first-order valence-electron chi connectivity index (χ1n) is 8.55. The standard InChI is InChI=1S/C20H23ClN2O2/c1-13-9-18(25-12-14-3-2-4-16(21)10-14)7-8-19(13)23-20(24)15-5-6-17(22)11-15/h2-4,7-10,15,17H,5-6,11-12,22H2,1H3,(H,23,24). The van der Waals surface area contributed by atoms with Gasteiger partial charge in [0.2, 0.25) is 5.91 Å². The van der Waals surface area contributed by atoms with Gasteiger partial charge in [0.25, 0.3) is 0 Å². The summed E-state index contributed by atoms with van der Waals surface area (Å²) in [5, 5.41) is 3.71. The van der Waals surface area contributed by atoms with E-state index in [1.165, 1.54) is 0 Å². The van der Waals surface area contributed by atoms with Crippen molar-refractivity contribution in [2.24, 2.45) is 11.7 Å². The summed E-state index contributed by atoms with van der Waals surface area (Å²) in [4.78, 5) is 12.3. The molecule has 2 aromatic rings. The molecular formula is C20H23ClN2O2. The molecule has 0 saturated heterocycles. The zero-order valence-electron chi connectivity index (χ0n) is 14.3. The van der Waals surface area contributed by atoms with Crippen LogP contribution in [0.5, 0.6) is 5.75 Å². The van der Waals surface area contributed by atoms with E-state index in [2.05, 4.69) is 5.32 Å². The van der Waals surface area contributed by atoms with Gasteiger partial charge in [-0.2, -0.15) is 0 Å². The number of nitrogens with two attached hydrogens (primary N) is 1. The van der Waals surface area contributed by atoms with Crippen LogP contribution in [0.3, 0.4) is 0 Å². The van der Waals surface area contributed by atoms with E-state index in [0.29, 0.717) is 11.6 Å². The maximum atomic E-state index is 12.3. The van der Waals surface area contributed by atoms with E-state index in [0.717, 1.165) is 41.8 Å². The Morgan fingerprint density at radius 3 is 2.80 bits per heavy atom. The van der Waals surface area contributed by atoms with Crippen LogP contribution in [0.2, 0.25) is 5.02 Å². The van der Waals surface area contributed by atoms with E-state index in [-0.39, 0.29) is 17.9 Å². The third-order valence-corrected chi connectivity index (χ3v) is 4.83. The predicted octanol–water partition coefficient (Wildman–Crippen LogP) is 4.29. The Kier molecular flexibility index (Phi) is 5.61. The summed E-state index contributed by atoms with van der Waals surface area (Å²) in [7, 11) is 0. The fourth-order valence-corrected chi connectivity index (χ4v) is 3.36.